The molecule has 1 aliphatic heterocycles. The summed E-state index contributed by atoms with van der Waals surface area (Å²) in [4.78, 5) is 18.3. The fourth-order valence-electron chi connectivity index (χ4n) is 4.33. The third-order valence-electron chi connectivity index (χ3n) is 6.05. The summed E-state index contributed by atoms with van der Waals surface area (Å²) >= 11 is 0. The monoisotopic (exact) mass is 404 g/mol. The number of urea groups is 1. The predicted octanol–water partition coefficient (Wildman–Crippen LogP) is 1.85. The number of aryl methyl sites for hydroxylation is 1. The molecule has 0 unspecified atom stereocenters. The number of likely N-dealkylation sites (tertiary alicyclic amines) is 1. The van der Waals surface area contributed by atoms with Crippen LogP contribution in [0.15, 0.2) is 36.0 Å². The number of sulfone groups is 1. The molecular weight excluding hydrogens is 380 g/mol. The molecule has 4 rings (SSSR count). The second-order valence-electron chi connectivity index (χ2n) is 7.62. The first-order chi connectivity index (χ1) is 13.4. The minimum Gasteiger partial charge on any atom is -0.339 e. The lowest BCUT2D eigenvalue weighted by molar-refractivity contribution is 0.136. The molecule has 10 heteroatoms. The Morgan fingerprint density at radius 1 is 1.25 bits per heavy atom. The second-order valence-corrected chi connectivity index (χ2v) is 9.86. The van der Waals surface area contributed by atoms with E-state index in [-0.39, 0.29) is 17.0 Å². The number of aromatic nitrogens is 4. The Hall–Kier alpha value is -2.49. The van der Waals surface area contributed by atoms with Gasteiger partial charge < -0.3 is 14.8 Å². The molecule has 0 atom stereocenters. The summed E-state index contributed by atoms with van der Waals surface area (Å²) in [5.74, 6) is 0.0416. The van der Waals surface area contributed by atoms with E-state index in [0.29, 0.717) is 44.5 Å². The Bertz CT molecular complexity index is 947. The van der Waals surface area contributed by atoms with Gasteiger partial charge in [0.15, 0.2) is 5.03 Å². The zero-order valence-corrected chi connectivity index (χ0v) is 16.6. The van der Waals surface area contributed by atoms with Gasteiger partial charge in [0.2, 0.25) is 9.84 Å². The second kappa shape index (κ2) is 7.16. The van der Waals surface area contributed by atoms with Gasteiger partial charge in [-0.05, 0) is 37.7 Å². The summed E-state index contributed by atoms with van der Waals surface area (Å²) < 4.78 is 27.6. The van der Waals surface area contributed by atoms with Gasteiger partial charge in [0.1, 0.15) is 0 Å². The van der Waals surface area contributed by atoms with Crippen molar-refractivity contribution < 1.29 is 13.2 Å². The third-order valence-corrected chi connectivity index (χ3v) is 8.63. The van der Waals surface area contributed by atoms with Crippen molar-refractivity contribution in [2.45, 2.75) is 41.9 Å². The number of rotatable bonds is 4. The quantitative estimate of drug-likeness (QED) is 0.833. The molecule has 1 N–H and O–H groups in total. The molecule has 1 saturated carbocycles. The first-order valence-corrected chi connectivity index (χ1v) is 11.0. The smallest absolute Gasteiger partial charge is 0.321 e. The molecule has 2 fully saturated rings. The lowest BCUT2D eigenvalue weighted by Gasteiger charge is -2.49. The van der Waals surface area contributed by atoms with Gasteiger partial charge in [-0.1, -0.05) is 6.42 Å². The van der Waals surface area contributed by atoms with Crippen molar-refractivity contribution in [2.24, 2.45) is 13.0 Å². The highest BCUT2D eigenvalue weighted by molar-refractivity contribution is 7.92. The molecule has 1 aliphatic carbocycles. The maximum Gasteiger partial charge on any atom is 0.321 e. The van der Waals surface area contributed by atoms with E-state index in [9.17, 15) is 13.2 Å². The van der Waals surface area contributed by atoms with Crippen LogP contribution in [0.1, 0.15) is 32.1 Å². The molecule has 3 heterocycles. The van der Waals surface area contributed by atoms with Crippen molar-refractivity contribution in [3.8, 4) is 0 Å². The Kier molecular flexibility index (Phi) is 4.82. The molecule has 2 aliphatic rings. The third kappa shape index (κ3) is 3.15. The fraction of sp³-hybridized carbons (Fsp3) is 0.556. The van der Waals surface area contributed by atoms with E-state index >= 15 is 0 Å². The SMILES string of the molecule is Cn1cnc(S(=O)(=O)C2(C3CCN(C(=O)Nc4ccnnc4)CC3)CCC2)c1. The number of nitrogens with zero attached hydrogens (tertiary/aromatic N) is 5. The van der Waals surface area contributed by atoms with Crippen molar-refractivity contribution in [2.75, 3.05) is 18.4 Å². The van der Waals surface area contributed by atoms with Gasteiger partial charge in [-0.15, -0.1) is 0 Å². The van der Waals surface area contributed by atoms with Gasteiger partial charge in [0.05, 0.1) is 29.2 Å². The molecule has 2 aromatic heterocycles. The molecule has 0 bridgehead atoms. The fourth-order valence-corrected chi connectivity index (χ4v) is 6.74. The van der Waals surface area contributed by atoms with Crippen LogP contribution in [0.2, 0.25) is 0 Å². The van der Waals surface area contributed by atoms with Crippen LogP contribution in [0.5, 0.6) is 0 Å². The number of carbonyl (C=O) groups is 1. The van der Waals surface area contributed by atoms with E-state index in [4.69, 9.17) is 0 Å². The van der Waals surface area contributed by atoms with Crippen molar-refractivity contribution in [1.82, 2.24) is 24.6 Å². The van der Waals surface area contributed by atoms with E-state index in [1.807, 2.05) is 0 Å². The van der Waals surface area contributed by atoms with Gasteiger partial charge in [0, 0.05) is 26.3 Å². The summed E-state index contributed by atoms with van der Waals surface area (Å²) in [7, 11) is -1.72. The summed E-state index contributed by atoms with van der Waals surface area (Å²) in [6.45, 7) is 1.07. The van der Waals surface area contributed by atoms with Gasteiger partial charge >= 0.3 is 6.03 Å². The van der Waals surface area contributed by atoms with Crippen LogP contribution >= 0.6 is 0 Å². The Balaban J connectivity index is 1.44. The van der Waals surface area contributed by atoms with Crippen molar-refractivity contribution >= 4 is 21.6 Å². The molecule has 0 spiro atoms. The topological polar surface area (TPSA) is 110 Å². The first kappa shape index (κ1) is 18.9. The van der Waals surface area contributed by atoms with E-state index in [0.717, 1.165) is 6.42 Å². The number of imidazole rings is 1. The van der Waals surface area contributed by atoms with Crippen LogP contribution in [0.25, 0.3) is 0 Å². The molecule has 1 saturated heterocycles. The number of piperidine rings is 1. The standard InChI is InChI=1S/C18H24N6O3S/c1-23-12-16(19-13-23)28(26,27)18(6-2-7-18)14-4-9-24(10-5-14)17(25)22-15-3-8-20-21-11-15/h3,8,11-14H,2,4-7,9-10H2,1H3,(H,20,22,25). The Labute approximate surface area is 164 Å². The zero-order valence-electron chi connectivity index (χ0n) is 15.8. The predicted molar refractivity (Wildman–Crippen MR) is 102 cm³/mol. The molecule has 9 nitrogen and oxygen atoms in total. The van der Waals surface area contributed by atoms with Crippen LogP contribution < -0.4 is 5.32 Å². The molecule has 28 heavy (non-hydrogen) atoms. The number of anilines is 1. The summed E-state index contributed by atoms with van der Waals surface area (Å²) in [5.41, 5.74) is 0.593. The van der Waals surface area contributed by atoms with Gasteiger partial charge in [-0.25, -0.2) is 18.2 Å². The summed E-state index contributed by atoms with van der Waals surface area (Å²) in [6.07, 6.45) is 9.74. The maximum absolute atomic E-state index is 13.3. The number of hydrogen-bond acceptors (Lipinski definition) is 6. The lowest BCUT2D eigenvalue weighted by Crippen LogP contribution is -2.55. The lowest BCUT2D eigenvalue weighted by atomic mass is 9.71. The van der Waals surface area contributed by atoms with Crippen LogP contribution in [-0.4, -0.2) is 56.9 Å². The van der Waals surface area contributed by atoms with E-state index < -0.39 is 14.6 Å². The van der Waals surface area contributed by atoms with E-state index in [1.165, 1.54) is 18.7 Å². The largest absolute Gasteiger partial charge is 0.339 e. The highest BCUT2D eigenvalue weighted by Crippen LogP contribution is 2.50. The average molecular weight is 404 g/mol. The first-order valence-electron chi connectivity index (χ1n) is 9.48. The highest BCUT2D eigenvalue weighted by Gasteiger charge is 2.55. The number of carbonyl (C=O) groups excluding carboxylic acids is 1. The van der Waals surface area contributed by atoms with Crippen molar-refractivity contribution in [3.05, 3.63) is 31.0 Å². The average Bonchev–Trinajstić information content (AvgIpc) is 3.09. The Morgan fingerprint density at radius 3 is 2.54 bits per heavy atom. The molecule has 150 valence electrons. The number of hydrogen-bond donors (Lipinski definition) is 1. The highest BCUT2D eigenvalue weighted by atomic mass is 32.2. The molecule has 0 aromatic carbocycles. The normalized spacial score (nSPS) is 19.8. The minimum absolute atomic E-state index is 0.0416. The van der Waals surface area contributed by atoms with Crippen LogP contribution in [0.3, 0.4) is 0 Å². The number of nitrogens with one attached hydrogen (secondary N) is 1. The minimum atomic E-state index is -3.50. The van der Waals surface area contributed by atoms with E-state index in [1.54, 1.807) is 28.8 Å². The number of amides is 2. The molecule has 2 aromatic rings. The van der Waals surface area contributed by atoms with Gasteiger partial charge in [-0.3, -0.25) is 0 Å². The molecule has 2 amide bonds. The summed E-state index contributed by atoms with van der Waals surface area (Å²) in [5, 5.41) is 10.4. The van der Waals surface area contributed by atoms with Gasteiger partial charge in [0.25, 0.3) is 0 Å². The molecule has 0 radical (unpaired) electrons. The van der Waals surface area contributed by atoms with E-state index in [2.05, 4.69) is 20.5 Å². The Morgan fingerprint density at radius 2 is 2.00 bits per heavy atom. The maximum atomic E-state index is 13.3. The van der Waals surface area contributed by atoms with Crippen molar-refractivity contribution in [1.29, 1.82) is 0 Å². The van der Waals surface area contributed by atoms with Crippen LogP contribution in [0.4, 0.5) is 10.5 Å². The summed E-state index contributed by atoms with van der Waals surface area (Å²) in [6, 6.07) is 1.49. The van der Waals surface area contributed by atoms with Crippen molar-refractivity contribution in [3.63, 3.8) is 0 Å². The van der Waals surface area contributed by atoms with Gasteiger partial charge in [-0.2, -0.15) is 10.2 Å². The van der Waals surface area contributed by atoms with Crippen LogP contribution in [-0.2, 0) is 16.9 Å². The zero-order chi connectivity index (χ0) is 19.8. The van der Waals surface area contributed by atoms with Crippen LogP contribution in [0, 0.1) is 5.92 Å². The molecular formula is C18H24N6O3S.